The Labute approximate surface area is 157 Å². The molecule has 1 heterocycles. The minimum absolute atomic E-state index is 0.209. The molecule has 2 N–H and O–H groups in total. The Kier molecular flexibility index (Phi) is 5.76. The normalized spacial score (nSPS) is 15.3. The van der Waals surface area contributed by atoms with Crippen molar-refractivity contribution in [1.82, 2.24) is 9.80 Å². The van der Waals surface area contributed by atoms with Crippen molar-refractivity contribution in [2.45, 2.75) is 12.8 Å². The van der Waals surface area contributed by atoms with Crippen LogP contribution in [0.4, 0.5) is 4.79 Å². The maximum Gasteiger partial charge on any atom is 0.333 e. The minimum atomic E-state index is -1.12. The first-order valence-corrected chi connectivity index (χ1v) is 8.91. The van der Waals surface area contributed by atoms with Gasteiger partial charge in [0.2, 0.25) is 0 Å². The van der Waals surface area contributed by atoms with E-state index in [2.05, 4.69) is 0 Å². The van der Waals surface area contributed by atoms with Gasteiger partial charge in [0.15, 0.2) is 12.1 Å². The van der Waals surface area contributed by atoms with Crippen molar-refractivity contribution >= 4 is 24.1 Å². The lowest BCUT2D eigenvalue weighted by Gasteiger charge is -2.35. The number of hydrogen-bond acceptors (Lipinski definition) is 3. The Morgan fingerprint density at radius 1 is 0.741 bits per heavy atom. The van der Waals surface area contributed by atoms with Gasteiger partial charge >= 0.3 is 6.03 Å². The van der Waals surface area contributed by atoms with E-state index in [9.17, 15) is 14.4 Å². The van der Waals surface area contributed by atoms with E-state index in [0.29, 0.717) is 12.8 Å². The molecule has 1 fully saturated rings. The molecule has 6 nitrogen and oxygen atoms in total. The van der Waals surface area contributed by atoms with Crippen LogP contribution in [-0.2, 0) is 22.4 Å². The highest BCUT2D eigenvalue weighted by atomic mass is 16.2. The van der Waals surface area contributed by atoms with E-state index in [4.69, 9.17) is 5.41 Å². The van der Waals surface area contributed by atoms with Gasteiger partial charge in [-0.2, -0.15) is 0 Å². The summed E-state index contributed by atoms with van der Waals surface area (Å²) in [5.41, 5.74) is 2.03. The van der Waals surface area contributed by atoms with Crippen LogP contribution in [0.25, 0.3) is 0 Å². The van der Waals surface area contributed by atoms with Crippen molar-refractivity contribution in [2.24, 2.45) is 5.92 Å². The third kappa shape index (κ3) is 4.11. The van der Waals surface area contributed by atoms with Gasteiger partial charge in [0.1, 0.15) is 0 Å². The van der Waals surface area contributed by atoms with Crippen LogP contribution in [0.1, 0.15) is 11.1 Å². The summed E-state index contributed by atoms with van der Waals surface area (Å²) in [5, 5.41) is 5.54. The van der Waals surface area contributed by atoms with Gasteiger partial charge in [-0.3, -0.25) is 24.8 Å². The number of carbonyl (C=O) groups excluding carboxylic acids is 3. The monoisotopic (exact) mass is 364 g/mol. The quantitative estimate of drug-likeness (QED) is 0.580. The lowest BCUT2D eigenvalue weighted by atomic mass is 10.0. The molecule has 0 aromatic heterocycles. The molecule has 138 valence electrons. The second-order valence-electron chi connectivity index (χ2n) is 6.40. The lowest BCUT2D eigenvalue weighted by Crippen LogP contribution is -2.62. The molecule has 0 unspecified atom stereocenters. The van der Waals surface area contributed by atoms with Crippen LogP contribution in [0.5, 0.6) is 0 Å². The smallest absolute Gasteiger partial charge is 0.273 e. The summed E-state index contributed by atoms with van der Waals surface area (Å²) in [4.78, 5) is 40.2. The standard InChI is InChI=1S/C21H21N3O3/c22-15-18-19(25)23(13-11-16-7-3-1-4-8-16)21(27)24(20(18)26)14-12-17-9-5-2-6-10-17/h1-10,15,18,22H,11-14H2/p+1. The molecule has 4 amide bonds. The van der Waals surface area contributed by atoms with Crippen molar-refractivity contribution in [3.63, 3.8) is 0 Å². The van der Waals surface area contributed by atoms with Gasteiger partial charge in [-0.25, -0.2) is 4.79 Å². The average molecular weight is 364 g/mol. The van der Waals surface area contributed by atoms with Crippen LogP contribution in [0.15, 0.2) is 60.7 Å². The molecule has 1 saturated heterocycles. The summed E-state index contributed by atoms with van der Waals surface area (Å²) < 4.78 is 0. The predicted molar refractivity (Wildman–Crippen MR) is 101 cm³/mol. The first-order valence-electron chi connectivity index (χ1n) is 8.91. The zero-order chi connectivity index (χ0) is 19.2. The fourth-order valence-electron chi connectivity index (χ4n) is 3.12. The van der Waals surface area contributed by atoms with Gasteiger partial charge in [0, 0.05) is 13.1 Å². The third-order valence-electron chi connectivity index (χ3n) is 4.65. The van der Waals surface area contributed by atoms with E-state index < -0.39 is 23.8 Å². The zero-order valence-corrected chi connectivity index (χ0v) is 15.0. The molecule has 2 aromatic rings. The second-order valence-corrected chi connectivity index (χ2v) is 6.40. The van der Waals surface area contributed by atoms with E-state index in [1.165, 1.54) is 0 Å². The summed E-state index contributed by atoms with van der Waals surface area (Å²) in [6.45, 7) is 0.419. The molecule has 1 aliphatic rings. The number of urea groups is 1. The summed E-state index contributed by atoms with van der Waals surface area (Å²) in [6, 6.07) is 18.6. The van der Waals surface area contributed by atoms with Crippen molar-refractivity contribution in [1.29, 1.82) is 0 Å². The molecule has 27 heavy (non-hydrogen) atoms. The summed E-state index contributed by atoms with van der Waals surface area (Å²) in [5.74, 6) is -2.23. The molecule has 3 rings (SSSR count). The maximum atomic E-state index is 12.8. The Bertz CT molecular complexity index is 771. The van der Waals surface area contributed by atoms with E-state index in [1.54, 1.807) is 0 Å². The molecular weight excluding hydrogens is 342 g/mol. The molecule has 6 heteroatoms. The number of rotatable bonds is 7. The van der Waals surface area contributed by atoms with Gasteiger partial charge in [0.25, 0.3) is 11.8 Å². The van der Waals surface area contributed by atoms with Crippen LogP contribution >= 0.6 is 0 Å². The summed E-state index contributed by atoms with van der Waals surface area (Å²) in [6.07, 6.45) is 2.12. The van der Waals surface area contributed by atoms with Gasteiger partial charge in [0.05, 0.1) is 0 Å². The molecule has 0 bridgehead atoms. The predicted octanol–water partition coefficient (Wildman–Crippen LogP) is 0.709. The fourth-order valence-corrected chi connectivity index (χ4v) is 3.12. The van der Waals surface area contributed by atoms with Crippen molar-refractivity contribution in [3.05, 3.63) is 71.8 Å². The van der Waals surface area contributed by atoms with E-state index in [0.717, 1.165) is 27.1 Å². The van der Waals surface area contributed by atoms with Crippen molar-refractivity contribution in [3.8, 4) is 0 Å². The molecular formula is C21H22N3O3+. The Morgan fingerprint density at radius 3 is 1.52 bits per heavy atom. The molecule has 0 radical (unpaired) electrons. The maximum absolute atomic E-state index is 12.8. The van der Waals surface area contributed by atoms with Gasteiger partial charge in [-0.1, -0.05) is 60.7 Å². The van der Waals surface area contributed by atoms with E-state index >= 15 is 0 Å². The fraction of sp³-hybridized carbons (Fsp3) is 0.238. The number of imide groups is 2. The third-order valence-corrected chi connectivity index (χ3v) is 4.65. The van der Waals surface area contributed by atoms with E-state index in [1.807, 2.05) is 60.7 Å². The first-order chi connectivity index (χ1) is 13.1. The molecule has 0 saturated carbocycles. The van der Waals surface area contributed by atoms with Gasteiger partial charge < -0.3 is 0 Å². The Balaban J connectivity index is 1.74. The second kappa shape index (κ2) is 8.40. The summed E-state index contributed by atoms with van der Waals surface area (Å²) in [7, 11) is 0. The van der Waals surface area contributed by atoms with Crippen molar-refractivity contribution in [2.75, 3.05) is 13.1 Å². The number of hydrogen-bond donors (Lipinski definition) is 1. The largest absolute Gasteiger partial charge is 0.333 e. The highest BCUT2D eigenvalue weighted by Gasteiger charge is 2.45. The molecule has 0 spiro atoms. The minimum Gasteiger partial charge on any atom is -0.273 e. The average Bonchev–Trinajstić information content (AvgIpc) is 2.69. The highest BCUT2D eigenvalue weighted by molar-refractivity contribution is 6.22. The summed E-state index contributed by atoms with van der Waals surface area (Å²) >= 11 is 0. The Morgan fingerprint density at radius 2 is 1.15 bits per heavy atom. The number of nitrogens with zero attached hydrogens (tertiary/aromatic N) is 2. The number of barbiturate groups is 1. The number of benzene rings is 2. The lowest BCUT2D eigenvalue weighted by molar-refractivity contribution is -0.150. The van der Waals surface area contributed by atoms with Gasteiger partial charge in [-0.15, -0.1) is 0 Å². The zero-order valence-electron chi connectivity index (χ0n) is 15.0. The number of amides is 4. The van der Waals surface area contributed by atoms with Crippen LogP contribution in [-0.4, -0.2) is 46.9 Å². The SMILES string of the molecule is [NH2+]=CC1C(=O)N(CCc2ccccc2)C(=O)N(CCc2ccccc2)C1=O. The van der Waals surface area contributed by atoms with Gasteiger partial charge in [-0.05, 0) is 24.0 Å². The van der Waals surface area contributed by atoms with Crippen LogP contribution < -0.4 is 5.41 Å². The van der Waals surface area contributed by atoms with Crippen LogP contribution in [0.3, 0.4) is 0 Å². The molecule has 0 atom stereocenters. The number of carbonyl (C=O) groups is 3. The Hall–Kier alpha value is -3.28. The van der Waals surface area contributed by atoms with Crippen LogP contribution in [0, 0.1) is 5.92 Å². The molecule has 2 aromatic carbocycles. The topological polar surface area (TPSA) is 83.3 Å². The highest BCUT2D eigenvalue weighted by Crippen LogP contribution is 2.18. The molecule has 0 aliphatic carbocycles. The molecule has 1 aliphatic heterocycles. The van der Waals surface area contributed by atoms with E-state index in [-0.39, 0.29) is 13.1 Å². The number of nitrogens with two attached hydrogens (primary N) is 1. The first kappa shape index (κ1) is 18.5. The van der Waals surface area contributed by atoms with Crippen LogP contribution in [0.2, 0.25) is 0 Å². The van der Waals surface area contributed by atoms with Crippen molar-refractivity contribution < 1.29 is 19.8 Å².